The van der Waals surface area contributed by atoms with Crippen molar-refractivity contribution in [3.63, 3.8) is 0 Å². The van der Waals surface area contributed by atoms with Gasteiger partial charge in [0.05, 0.1) is 13.7 Å². The number of hydrogen-bond acceptors (Lipinski definition) is 6. The van der Waals surface area contributed by atoms with Crippen molar-refractivity contribution >= 4 is 27.7 Å². The largest absolute Gasteiger partial charge is 0.468 e. The summed E-state index contributed by atoms with van der Waals surface area (Å²) in [7, 11) is -2.51. The van der Waals surface area contributed by atoms with Gasteiger partial charge in [0.1, 0.15) is 5.25 Å². The number of anilines is 1. The van der Waals surface area contributed by atoms with Gasteiger partial charge in [-0.3, -0.25) is 9.69 Å². The minimum absolute atomic E-state index is 0.0526. The fourth-order valence-electron chi connectivity index (χ4n) is 4.41. The van der Waals surface area contributed by atoms with Crippen LogP contribution < -0.4 is 10.0 Å². The van der Waals surface area contributed by atoms with Crippen molar-refractivity contribution in [3.05, 3.63) is 28.3 Å². The summed E-state index contributed by atoms with van der Waals surface area (Å²) in [6.07, 6.45) is 5.96. The molecule has 0 bridgehead atoms. The van der Waals surface area contributed by atoms with E-state index in [9.17, 15) is 18.0 Å². The number of urea groups is 1. The van der Waals surface area contributed by atoms with Crippen LogP contribution >= 0.6 is 0 Å². The zero-order valence-corrected chi connectivity index (χ0v) is 16.7. The van der Waals surface area contributed by atoms with Crippen molar-refractivity contribution in [1.29, 1.82) is 0 Å². The molecule has 0 atom stereocenters. The molecule has 9 heteroatoms. The highest BCUT2D eigenvalue weighted by Gasteiger charge is 2.39. The predicted octanol–water partition coefficient (Wildman–Crippen LogP) is 0.972. The number of amides is 2. The Morgan fingerprint density at radius 2 is 1.71 bits per heavy atom. The Balaban J connectivity index is 1.41. The first-order valence-corrected chi connectivity index (χ1v) is 11.2. The first-order chi connectivity index (χ1) is 13.4. The lowest BCUT2D eigenvalue weighted by atomic mass is 9.99. The van der Waals surface area contributed by atoms with E-state index >= 15 is 0 Å². The highest BCUT2D eigenvalue weighted by atomic mass is 32.2. The SMILES string of the molecule is COC(=O)CN1CC(S(=O)(=O)NC(=O)Nc2c3c(cc4c2CCC4)CCC3)C1. The molecule has 2 N–H and O–H groups in total. The van der Waals surface area contributed by atoms with E-state index in [4.69, 9.17) is 0 Å². The minimum atomic E-state index is -3.80. The standard InChI is InChI=1S/C19H25N3O5S/c1-27-17(23)11-22-9-14(10-22)28(25,26)21-19(24)20-18-15-6-2-4-12(15)8-13-5-3-7-16(13)18/h8,14H,2-7,9-11H2,1H3,(H2,20,21,24). The van der Waals surface area contributed by atoms with Gasteiger partial charge >= 0.3 is 12.0 Å². The number of nitrogens with one attached hydrogen (secondary N) is 2. The molecule has 152 valence electrons. The smallest absolute Gasteiger partial charge is 0.332 e. The molecule has 0 radical (unpaired) electrons. The van der Waals surface area contributed by atoms with Crippen molar-refractivity contribution in [2.24, 2.45) is 0 Å². The van der Waals surface area contributed by atoms with E-state index in [-0.39, 0.29) is 19.6 Å². The van der Waals surface area contributed by atoms with Gasteiger partial charge in [-0.05, 0) is 60.8 Å². The van der Waals surface area contributed by atoms with Crippen LogP contribution in [-0.2, 0) is 45.2 Å². The monoisotopic (exact) mass is 407 g/mol. The van der Waals surface area contributed by atoms with Gasteiger partial charge in [0.25, 0.3) is 0 Å². The molecule has 28 heavy (non-hydrogen) atoms. The van der Waals surface area contributed by atoms with Gasteiger partial charge < -0.3 is 10.1 Å². The Morgan fingerprint density at radius 3 is 2.29 bits per heavy atom. The maximum Gasteiger partial charge on any atom is 0.332 e. The fraction of sp³-hybridized carbons (Fsp3) is 0.579. The van der Waals surface area contributed by atoms with Gasteiger partial charge in [-0.15, -0.1) is 0 Å². The van der Waals surface area contributed by atoms with Crippen LogP contribution in [0.2, 0.25) is 0 Å². The third-order valence-corrected chi connectivity index (χ3v) is 7.54. The first-order valence-electron chi connectivity index (χ1n) is 9.65. The Hall–Kier alpha value is -2.13. The van der Waals surface area contributed by atoms with Gasteiger partial charge in [0.2, 0.25) is 10.0 Å². The molecule has 1 fully saturated rings. The van der Waals surface area contributed by atoms with E-state index in [0.717, 1.165) is 55.3 Å². The van der Waals surface area contributed by atoms with Crippen LogP contribution in [0.3, 0.4) is 0 Å². The molecule has 0 unspecified atom stereocenters. The Kier molecular flexibility index (Phi) is 5.05. The first kappa shape index (κ1) is 19.2. The number of sulfonamides is 1. The average Bonchev–Trinajstić information content (AvgIpc) is 3.25. The van der Waals surface area contributed by atoms with Crippen molar-refractivity contribution < 1.29 is 22.7 Å². The second-order valence-electron chi connectivity index (χ2n) is 7.73. The highest BCUT2D eigenvalue weighted by molar-refractivity contribution is 7.90. The van der Waals surface area contributed by atoms with Crippen LogP contribution in [0.1, 0.15) is 35.1 Å². The van der Waals surface area contributed by atoms with E-state index in [1.165, 1.54) is 18.2 Å². The van der Waals surface area contributed by atoms with E-state index in [1.54, 1.807) is 4.90 Å². The second-order valence-corrected chi connectivity index (χ2v) is 9.69. The number of benzene rings is 1. The van der Waals surface area contributed by atoms with Crippen molar-refractivity contribution in [2.45, 2.75) is 43.8 Å². The number of hydrogen-bond donors (Lipinski definition) is 2. The predicted molar refractivity (Wildman–Crippen MR) is 104 cm³/mol. The van der Waals surface area contributed by atoms with E-state index in [1.807, 2.05) is 0 Å². The number of rotatable bonds is 5. The molecule has 1 aromatic rings. The molecule has 1 heterocycles. The summed E-state index contributed by atoms with van der Waals surface area (Å²) in [5, 5.41) is 2.12. The van der Waals surface area contributed by atoms with Crippen LogP contribution in [0.15, 0.2) is 6.07 Å². The van der Waals surface area contributed by atoms with Gasteiger partial charge in [-0.25, -0.2) is 17.9 Å². The number of carbonyl (C=O) groups excluding carboxylic acids is 2. The van der Waals surface area contributed by atoms with Crippen LogP contribution in [0, 0.1) is 0 Å². The minimum Gasteiger partial charge on any atom is -0.468 e. The molecule has 1 saturated heterocycles. The van der Waals surface area contributed by atoms with E-state index in [0.29, 0.717) is 0 Å². The molecule has 0 spiro atoms. The highest BCUT2D eigenvalue weighted by Crippen LogP contribution is 2.38. The summed E-state index contributed by atoms with van der Waals surface area (Å²) >= 11 is 0. The molecular formula is C19H25N3O5S. The zero-order valence-electron chi connectivity index (χ0n) is 15.9. The lowest BCUT2D eigenvalue weighted by molar-refractivity contribution is -0.142. The fourth-order valence-corrected chi connectivity index (χ4v) is 5.70. The lowest BCUT2D eigenvalue weighted by Crippen LogP contribution is -2.59. The van der Waals surface area contributed by atoms with E-state index < -0.39 is 27.3 Å². The number of aryl methyl sites for hydroxylation is 2. The van der Waals surface area contributed by atoms with Crippen LogP contribution in [-0.4, -0.2) is 57.3 Å². The number of fused-ring (bicyclic) bond motifs is 2. The number of ether oxygens (including phenoxy) is 1. The molecule has 3 aliphatic rings. The zero-order chi connectivity index (χ0) is 19.9. The van der Waals surface area contributed by atoms with Crippen LogP contribution in [0.5, 0.6) is 0 Å². The van der Waals surface area contributed by atoms with Crippen molar-refractivity contribution in [2.75, 3.05) is 32.1 Å². The Bertz CT molecular complexity index is 890. The molecular weight excluding hydrogens is 382 g/mol. The normalized spacial score (nSPS) is 18.9. The Morgan fingerprint density at radius 1 is 1.11 bits per heavy atom. The Labute approximate surface area is 164 Å². The average molecular weight is 407 g/mol. The van der Waals surface area contributed by atoms with E-state index in [2.05, 4.69) is 20.8 Å². The molecule has 1 aliphatic heterocycles. The maximum atomic E-state index is 12.5. The molecule has 2 amide bonds. The summed E-state index contributed by atoms with van der Waals surface area (Å²) < 4.78 is 31.7. The quantitative estimate of drug-likeness (QED) is 0.705. The molecule has 0 aromatic heterocycles. The number of esters is 1. The topological polar surface area (TPSA) is 105 Å². The number of methoxy groups -OCH3 is 1. The maximum absolute atomic E-state index is 12.5. The molecule has 2 aliphatic carbocycles. The third-order valence-electron chi connectivity index (χ3n) is 5.89. The molecule has 4 rings (SSSR count). The van der Waals surface area contributed by atoms with Gasteiger partial charge in [-0.2, -0.15) is 0 Å². The van der Waals surface area contributed by atoms with Gasteiger partial charge in [0, 0.05) is 18.8 Å². The summed E-state index contributed by atoms with van der Waals surface area (Å²) in [5.41, 5.74) is 5.67. The second kappa shape index (κ2) is 7.36. The van der Waals surface area contributed by atoms with Crippen molar-refractivity contribution in [1.82, 2.24) is 9.62 Å². The number of nitrogens with zero attached hydrogens (tertiary/aromatic N) is 1. The molecule has 1 aromatic carbocycles. The van der Waals surface area contributed by atoms with Gasteiger partial charge in [0.15, 0.2) is 0 Å². The van der Waals surface area contributed by atoms with Crippen LogP contribution in [0.4, 0.5) is 10.5 Å². The molecule has 0 saturated carbocycles. The van der Waals surface area contributed by atoms with Gasteiger partial charge in [-0.1, -0.05) is 6.07 Å². The summed E-state index contributed by atoms with van der Waals surface area (Å²) in [5.74, 6) is -0.409. The number of likely N-dealkylation sites (tertiary alicyclic amines) is 1. The third kappa shape index (κ3) is 3.60. The lowest BCUT2D eigenvalue weighted by Gasteiger charge is -2.37. The summed E-state index contributed by atoms with van der Waals surface area (Å²) in [4.78, 5) is 25.4. The summed E-state index contributed by atoms with van der Waals surface area (Å²) in [6.45, 7) is 0.457. The number of carbonyl (C=O) groups is 2. The summed E-state index contributed by atoms with van der Waals surface area (Å²) in [6, 6.07) is 1.55. The van der Waals surface area contributed by atoms with Crippen molar-refractivity contribution in [3.8, 4) is 0 Å². The van der Waals surface area contributed by atoms with Crippen LogP contribution in [0.25, 0.3) is 0 Å². The molecule has 8 nitrogen and oxygen atoms in total.